The summed E-state index contributed by atoms with van der Waals surface area (Å²) in [5, 5.41) is 26.5. The van der Waals surface area contributed by atoms with Crippen LogP contribution >= 0.6 is 0 Å². The van der Waals surface area contributed by atoms with Crippen LogP contribution in [0, 0.1) is 5.92 Å². The first-order valence-corrected chi connectivity index (χ1v) is 14.8. The number of phenolic OH excluding ortho intramolecular Hbond substituents is 1. The molecule has 212 valence electrons. The number of nitrogens with one attached hydrogen (secondary N) is 3. The molecule has 0 radical (unpaired) electrons. The second-order valence-electron chi connectivity index (χ2n) is 9.77. The molecule has 0 aromatic heterocycles. The molecule has 0 spiro atoms. The molecule has 3 aromatic carbocycles. The van der Waals surface area contributed by atoms with Gasteiger partial charge in [-0.25, -0.2) is 8.42 Å². The number of sulfonamides is 1. The lowest BCUT2D eigenvalue weighted by Gasteiger charge is -2.24. The van der Waals surface area contributed by atoms with E-state index >= 15 is 0 Å². The van der Waals surface area contributed by atoms with E-state index in [0.29, 0.717) is 18.5 Å². The van der Waals surface area contributed by atoms with Gasteiger partial charge >= 0.3 is 5.97 Å². The first kappa shape index (κ1) is 29.1. The lowest BCUT2D eigenvalue weighted by atomic mass is 9.89. The van der Waals surface area contributed by atoms with Crippen LogP contribution < -0.4 is 15.4 Å². The molecule has 0 saturated heterocycles. The van der Waals surface area contributed by atoms with Crippen molar-refractivity contribution in [3.05, 3.63) is 77.4 Å². The molecule has 2 unspecified atom stereocenters. The summed E-state index contributed by atoms with van der Waals surface area (Å²) in [5.74, 6) is -1.24. The fraction of sp³-hybridized carbons (Fsp3) is 0.310. The van der Waals surface area contributed by atoms with Crippen LogP contribution in [0.5, 0.6) is 5.75 Å². The van der Waals surface area contributed by atoms with E-state index in [1.54, 1.807) is 6.92 Å². The Bertz CT molecular complexity index is 1490. The van der Waals surface area contributed by atoms with E-state index < -0.39 is 22.0 Å². The van der Waals surface area contributed by atoms with Crippen molar-refractivity contribution in [3.8, 4) is 16.9 Å². The number of anilines is 2. The van der Waals surface area contributed by atoms with E-state index in [2.05, 4.69) is 15.4 Å². The summed E-state index contributed by atoms with van der Waals surface area (Å²) in [6, 6.07) is 18.1. The summed E-state index contributed by atoms with van der Waals surface area (Å²) in [7, 11) is -3.58. The fourth-order valence-corrected chi connectivity index (χ4v) is 5.13. The third kappa shape index (κ3) is 7.59. The molecule has 0 aliphatic carbocycles. The molecule has 2 atom stereocenters. The number of esters is 1. The van der Waals surface area contributed by atoms with Gasteiger partial charge in [-0.2, -0.15) is 0 Å². The first-order chi connectivity index (χ1) is 19.0. The Hall–Kier alpha value is -3.93. The van der Waals surface area contributed by atoms with Crippen molar-refractivity contribution in [1.29, 1.82) is 0 Å². The molecule has 10 nitrogen and oxygen atoms in total. The van der Waals surface area contributed by atoms with Crippen LogP contribution in [-0.2, 0) is 37.3 Å². The molecule has 0 fully saturated rings. The number of aromatic hydroxyl groups is 1. The van der Waals surface area contributed by atoms with Gasteiger partial charge in [-0.05, 0) is 65.4 Å². The first-order valence-electron chi connectivity index (χ1n) is 12.9. The smallest absolute Gasteiger partial charge is 0.306 e. The number of aliphatic hydroxyl groups is 1. The van der Waals surface area contributed by atoms with Gasteiger partial charge in [0.15, 0.2) is 0 Å². The maximum Gasteiger partial charge on any atom is 0.306 e. The maximum atomic E-state index is 12.4. The quantitative estimate of drug-likeness (QED) is 0.175. The van der Waals surface area contributed by atoms with E-state index in [1.165, 1.54) is 18.2 Å². The predicted molar refractivity (Wildman–Crippen MR) is 152 cm³/mol. The van der Waals surface area contributed by atoms with Crippen LogP contribution in [0.2, 0.25) is 0 Å². The number of phenols is 1. The Morgan fingerprint density at radius 3 is 2.52 bits per heavy atom. The summed E-state index contributed by atoms with van der Waals surface area (Å²) < 4.78 is 30.2. The standard InChI is InChI=1S/C29H33N3O7S/c1-3-39-28(35)15-23-13-22-12-20(8-10-24(22)31-29(23)36)19-6-4-18(5-7-19)16-30-17-27(34)21-9-11-26(33)25(14-21)32-40(2,37)38/h4-12,14,23,27,30,32-34H,3,13,15-17H2,1-2H3,(H,31,36). The average Bonchev–Trinajstić information content (AvgIpc) is 2.90. The number of ether oxygens (including phenoxy) is 1. The summed E-state index contributed by atoms with van der Waals surface area (Å²) >= 11 is 0. The average molecular weight is 568 g/mol. The summed E-state index contributed by atoms with van der Waals surface area (Å²) in [4.78, 5) is 24.3. The number of benzene rings is 3. The van der Waals surface area contributed by atoms with E-state index in [-0.39, 0.29) is 42.9 Å². The van der Waals surface area contributed by atoms with Crippen molar-refractivity contribution in [2.45, 2.75) is 32.4 Å². The zero-order valence-corrected chi connectivity index (χ0v) is 23.1. The number of carbonyl (C=O) groups is 2. The van der Waals surface area contributed by atoms with Crippen molar-refractivity contribution >= 4 is 33.3 Å². The minimum atomic E-state index is -3.58. The lowest BCUT2D eigenvalue weighted by molar-refractivity contribution is -0.145. The topological polar surface area (TPSA) is 154 Å². The van der Waals surface area contributed by atoms with Crippen molar-refractivity contribution in [2.75, 3.05) is 29.4 Å². The summed E-state index contributed by atoms with van der Waals surface area (Å²) in [6.07, 6.45) is 0.580. The van der Waals surface area contributed by atoms with Gasteiger partial charge in [-0.1, -0.05) is 36.4 Å². The van der Waals surface area contributed by atoms with Crippen molar-refractivity contribution in [2.24, 2.45) is 5.92 Å². The molecule has 3 aromatic rings. The van der Waals surface area contributed by atoms with Gasteiger partial charge in [0.25, 0.3) is 0 Å². The Kier molecular flexibility index (Phi) is 9.08. The van der Waals surface area contributed by atoms with Crippen molar-refractivity contribution in [1.82, 2.24) is 5.32 Å². The van der Waals surface area contributed by atoms with Crippen LogP contribution in [0.25, 0.3) is 11.1 Å². The molecule has 0 bridgehead atoms. The monoisotopic (exact) mass is 567 g/mol. The number of carbonyl (C=O) groups excluding carboxylic acids is 2. The van der Waals surface area contributed by atoms with Crippen LogP contribution in [0.4, 0.5) is 11.4 Å². The molecule has 0 saturated carbocycles. The Morgan fingerprint density at radius 1 is 1.10 bits per heavy atom. The highest BCUT2D eigenvalue weighted by Gasteiger charge is 2.29. The maximum absolute atomic E-state index is 12.4. The molecule has 40 heavy (non-hydrogen) atoms. The number of hydrogen-bond donors (Lipinski definition) is 5. The second kappa shape index (κ2) is 12.5. The third-order valence-electron chi connectivity index (χ3n) is 6.57. The molecule has 1 aliphatic heterocycles. The molecule has 5 N–H and O–H groups in total. The minimum Gasteiger partial charge on any atom is -0.506 e. The minimum absolute atomic E-state index is 0.00807. The third-order valence-corrected chi connectivity index (χ3v) is 7.16. The van der Waals surface area contributed by atoms with Gasteiger partial charge in [0, 0.05) is 18.8 Å². The highest BCUT2D eigenvalue weighted by Crippen LogP contribution is 2.32. The summed E-state index contributed by atoms with van der Waals surface area (Å²) in [5.41, 5.74) is 5.18. The Balaban J connectivity index is 1.35. The highest BCUT2D eigenvalue weighted by molar-refractivity contribution is 7.92. The van der Waals surface area contributed by atoms with Crippen LogP contribution in [0.15, 0.2) is 60.7 Å². The van der Waals surface area contributed by atoms with Crippen LogP contribution in [0.1, 0.15) is 36.1 Å². The molecule has 1 heterocycles. The van der Waals surface area contributed by atoms with Gasteiger partial charge < -0.3 is 25.6 Å². The molecular formula is C29H33N3O7S. The number of rotatable bonds is 11. The number of hydrogen-bond acceptors (Lipinski definition) is 8. The molecule has 1 amide bonds. The molecule has 1 aliphatic rings. The normalized spacial score (nSPS) is 15.6. The zero-order valence-electron chi connectivity index (χ0n) is 22.3. The van der Waals surface area contributed by atoms with E-state index in [1.807, 2.05) is 42.5 Å². The predicted octanol–water partition coefficient (Wildman–Crippen LogP) is 3.32. The molecule has 4 rings (SSSR count). The number of fused-ring (bicyclic) bond motifs is 1. The second-order valence-corrected chi connectivity index (χ2v) is 11.5. The zero-order chi connectivity index (χ0) is 28.9. The van der Waals surface area contributed by atoms with Gasteiger partial charge in [-0.3, -0.25) is 14.3 Å². The SMILES string of the molecule is CCOC(=O)CC1Cc2cc(-c3ccc(CNCC(O)c4ccc(O)c(NS(C)(=O)=O)c4)cc3)ccc2NC1=O. The Morgan fingerprint density at radius 2 is 1.82 bits per heavy atom. The van der Waals surface area contributed by atoms with Gasteiger partial charge in [0.1, 0.15) is 5.75 Å². The van der Waals surface area contributed by atoms with Gasteiger partial charge in [0.05, 0.1) is 37.0 Å². The lowest BCUT2D eigenvalue weighted by Crippen LogP contribution is -2.32. The summed E-state index contributed by atoms with van der Waals surface area (Å²) in [6.45, 7) is 2.73. The molecular weight excluding hydrogens is 534 g/mol. The van der Waals surface area contributed by atoms with Gasteiger partial charge in [0.2, 0.25) is 15.9 Å². The largest absolute Gasteiger partial charge is 0.506 e. The molecule has 11 heteroatoms. The number of aliphatic hydroxyl groups excluding tert-OH is 1. The van der Waals surface area contributed by atoms with Crippen molar-refractivity contribution in [3.63, 3.8) is 0 Å². The van der Waals surface area contributed by atoms with Gasteiger partial charge in [-0.15, -0.1) is 0 Å². The van der Waals surface area contributed by atoms with E-state index in [9.17, 15) is 28.2 Å². The Labute approximate surface area is 233 Å². The highest BCUT2D eigenvalue weighted by atomic mass is 32.2. The van der Waals surface area contributed by atoms with E-state index in [4.69, 9.17) is 4.74 Å². The van der Waals surface area contributed by atoms with Crippen molar-refractivity contribution < 1.29 is 33.0 Å². The van der Waals surface area contributed by atoms with E-state index in [0.717, 1.165) is 34.2 Å². The van der Waals surface area contributed by atoms with Crippen LogP contribution in [-0.4, -0.2) is 49.9 Å². The van der Waals surface area contributed by atoms with Crippen LogP contribution in [0.3, 0.4) is 0 Å². The number of amides is 1. The fourth-order valence-electron chi connectivity index (χ4n) is 4.57.